The minimum absolute atomic E-state index is 0.659. The van der Waals surface area contributed by atoms with E-state index in [1.54, 1.807) is 0 Å². The van der Waals surface area contributed by atoms with Crippen molar-refractivity contribution >= 4 is 15.9 Å². The molecule has 0 saturated heterocycles. The van der Waals surface area contributed by atoms with Gasteiger partial charge in [-0.15, -0.1) is 0 Å². The van der Waals surface area contributed by atoms with Crippen molar-refractivity contribution in [3.63, 3.8) is 0 Å². The summed E-state index contributed by atoms with van der Waals surface area (Å²) in [5.41, 5.74) is 2.62. The van der Waals surface area contributed by atoms with Gasteiger partial charge in [-0.3, -0.25) is 0 Å². The van der Waals surface area contributed by atoms with Crippen molar-refractivity contribution in [1.29, 1.82) is 0 Å². The number of nitrogens with zero attached hydrogens (tertiary/aromatic N) is 2. The zero-order valence-electron chi connectivity index (χ0n) is 8.68. The van der Waals surface area contributed by atoms with Crippen molar-refractivity contribution in [2.45, 2.75) is 33.4 Å². The quantitative estimate of drug-likeness (QED) is 0.878. The van der Waals surface area contributed by atoms with Gasteiger partial charge in [0.2, 0.25) is 0 Å². The lowest BCUT2D eigenvalue weighted by Gasteiger charge is -2.16. The monoisotopic (exact) mass is 257 g/mol. The third kappa shape index (κ3) is 1.86. The van der Waals surface area contributed by atoms with Crippen molar-refractivity contribution in [2.75, 3.05) is 6.54 Å². The van der Waals surface area contributed by atoms with Crippen molar-refractivity contribution < 1.29 is 0 Å². The molecule has 2 heterocycles. The van der Waals surface area contributed by atoms with E-state index in [0.717, 1.165) is 30.8 Å². The first-order chi connectivity index (χ1) is 6.68. The average Bonchev–Trinajstić information content (AvgIpc) is 2.43. The first-order valence-electron chi connectivity index (χ1n) is 5.13. The SMILES string of the molecule is CC(C)Cn1c(Br)nc2c1CNCC2. The van der Waals surface area contributed by atoms with Crippen LogP contribution < -0.4 is 5.32 Å². The molecule has 0 aliphatic carbocycles. The standard InChI is InChI=1S/C10H16BrN3/c1-7(2)6-14-9-5-12-4-3-8(9)13-10(14)11/h7,12H,3-6H2,1-2H3. The normalized spacial score (nSPS) is 16.0. The summed E-state index contributed by atoms with van der Waals surface area (Å²) in [5.74, 6) is 0.659. The third-order valence-electron chi connectivity index (χ3n) is 2.49. The predicted molar refractivity (Wildman–Crippen MR) is 60.2 cm³/mol. The van der Waals surface area contributed by atoms with Crippen LogP contribution in [0.15, 0.2) is 4.73 Å². The highest BCUT2D eigenvalue weighted by molar-refractivity contribution is 9.10. The molecule has 3 nitrogen and oxygen atoms in total. The fourth-order valence-electron chi connectivity index (χ4n) is 1.87. The largest absolute Gasteiger partial charge is 0.321 e. The minimum Gasteiger partial charge on any atom is -0.321 e. The Kier molecular flexibility index (Phi) is 2.93. The van der Waals surface area contributed by atoms with Gasteiger partial charge in [0.15, 0.2) is 4.73 Å². The molecule has 0 amide bonds. The summed E-state index contributed by atoms with van der Waals surface area (Å²) in [4.78, 5) is 4.54. The van der Waals surface area contributed by atoms with Gasteiger partial charge < -0.3 is 9.88 Å². The maximum atomic E-state index is 4.54. The topological polar surface area (TPSA) is 29.9 Å². The molecule has 2 rings (SSSR count). The average molecular weight is 258 g/mol. The summed E-state index contributed by atoms with van der Waals surface area (Å²) in [5, 5.41) is 3.39. The van der Waals surface area contributed by atoms with E-state index in [4.69, 9.17) is 0 Å². The molecule has 14 heavy (non-hydrogen) atoms. The summed E-state index contributed by atoms with van der Waals surface area (Å²) < 4.78 is 3.27. The molecule has 0 bridgehead atoms. The van der Waals surface area contributed by atoms with Crippen LogP contribution in [0.3, 0.4) is 0 Å². The van der Waals surface area contributed by atoms with E-state index in [1.807, 2.05) is 0 Å². The molecule has 1 aliphatic heterocycles. The van der Waals surface area contributed by atoms with Gasteiger partial charge >= 0.3 is 0 Å². The van der Waals surface area contributed by atoms with E-state index in [-0.39, 0.29) is 0 Å². The Morgan fingerprint density at radius 3 is 3.07 bits per heavy atom. The molecular weight excluding hydrogens is 242 g/mol. The van der Waals surface area contributed by atoms with Crippen LogP contribution in [0.25, 0.3) is 0 Å². The fraction of sp³-hybridized carbons (Fsp3) is 0.700. The molecule has 78 valence electrons. The molecule has 0 unspecified atom stereocenters. The van der Waals surface area contributed by atoms with Gasteiger partial charge in [-0.1, -0.05) is 13.8 Å². The first-order valence-corrected chi connectivity index (χ1v) is 5.92. The number of nitrogens with one attached hydrogen (secondary N) is 1. The number of aromatic nitrogens is 2. The lowest BCUT2D eigenvalue weighted by Crippen LogP contribution is -2.25. The third-order valence-corrected chi connectivity index (χ3v) is 3.09. The van der Waals surface area contributed by atoms with Crippen LogP contribution in [0.2, 0.25) is 0 Å². The molecule has 0 spiro atoms. The van der Waals surface area contributed by atoms with Crippen molar-refractivity contribution in [3.8, 4) is 0 Å². The molecule has 0 atom stereocenters. The van der Waals surface area contributed by atoms with Gasteiger partial charge in [-0.25, -0.2) is 4.98 Å². The predicted octanol–water partition coefficient (Wildman–Crippen LogP) is 1.95. The van der Waals surface area contributed by atoms with E-state index in [2.05, 4.69) is 44.6 Å². The molecular formula is C10H16BrN3. The van der Waals surface area contributed by atoms with Gasteiger partial charge in [0, 0.05) is 26.1 Å². The maximum absolute atomic E-state index is 4.54. The molecule has 0 radical (unpaired) electrons. The lowest BCUT2D eigenvalue weighted by atomic mass is 10.1. The Morgan fingerprint density at radius 2 is 2.36 bits per heavy atom. The molecule has 1 aromatic heterocycles. The summed E-state index contributed by atoms with van der Waals surface area (Å²) in [6, 6.07) is 0. The van der Waals surface area contributed by atoms with Crippen molar-refractivity contribution in [3.05, 3.63) is 16.1 Å². The molecule has 0 aromatic carbocycles. The number of fused-ring (bicyclic) bond motifs is 1. The zero-order valence-corrected chi connectivity index (χ0v) is 10.3. The smallest absolute Gasteiger partial charge is 0.177 e. The Balaban J connectivity index is 2.33. The van der Waals surface area contributed by atoms with Crippen LogP contribution in [-0.2, 0) is 19.5 Å². The Morgan fingerprint density at radius 1 is 1.57 bits per heavy atom. The van der Waals surface area contributed by atoms with E-state index in [1.165, 1.54) is 11.4 Å². The molecule has 1 N–H and O–H groups in total. The Labute approximate surface area is 93.0 Å². The van der Waals surface area contributed by atoms with Gasteiger partial charge in [-0.2, -0.15) is 0 Å². The van der Waals surface area contributed by atoms with Crippen molar-refractivity contribution in [1.82, 2.24) is 14.9 Å². The van der Waals surface area contributed by atoms with Crippen LogP contribution in [-0.4, -0.2) is 16.1 Å². The molecule has 0 fully saturated rings. The Hall–Kier alpha value is -0.350. The van der Waals surface area contributed by atoms with Gasteiger partial charge in [0.25, 0.3) is 0 Å². The van der Waals surface area contributed by atoms with Gasteiger partial charge in [-0.05, 0) is 21.8 Å². The number of imidazole rings is 1. The highest BCUT2D eigenvalue weighted by Crippen LogP contribution is 2.21. The lowest BCUT2D eigenvalue weighted by molar-refractivity contribution is 0.487. The minimum atomic E-state index is 0.659. The van der Waals surface area contributed by atoms with Gasteiger partial charge in [0.1, 0.15) is 0 Å². The van der Waals surface area contributed by atoms with E-state index in [9.17, 15) is 0 Å². The summed E-state index contributed by atoms with van der Waals surface area (Å²) in [6.07, 6.45) is 1.05. The van der Waals surface area contributed by atoms with Gasteiger partial charge in [0.05, 0.1) is 11.4 Å². The summed E-state index contributed by atoms with van der Waals surface area (Å²) in [7, 11) is 0. The second kappa shape index (κ2) is 4.03. The van der Waals surface area contributed by atoms with Crippen LogP contribution in [0, 0.1) is 5.92 Å². The molecule has 1 aliphatic rings. The number of halogens is 1. The molecule has 1 aromatic rings. The first kappa shape index (κ1) is 10.2. The Bertz CT molecular complexity index is 330. The van der Waals surface area contributed by atoms with E-state index >= 15 is 0 Å². The van der Waals surface area contributed by atoms with Crippen molar-refractivity contribution in [2.24, 2.45) is 5.92 Å². The number of hydrogen-bond acceptors (Lipinski definition) is 2. The fourth-order valence-corrected chi connectivity index (χ4v) is 2.44. The highest BCUT2D eigenvalue weighted by atomic mass is 79.9. The molecule has 0 saturated carbocycles. The van der Waals surface area contributed by atoms with Crippen LogP contribution in [0.1, 0.15) is 25.2 Å². The number of hydrogen-bond donors (Lipinski definition) is 1. The maximum Gasteiger partial charge on any atom is 0.177 e. The summed E-state index contributed by atoms with van der Waals surface area (Å²) >= 11 is 3.53. The van der Waals surface area contributed by atoms with E-state index < -0.39 is 0 Å². The zero-order chi connectivity index (χ0) is 10.1. The van der Waals surface area contributed by atoms with E-state index in [0.29, 0.717) is 5.92 Å². The molecule has 4 heteroatoms. The van der Waals surface area contributed by atoms with Crippen LogP contribution >= 0.6 is 15.9 Å². The van der Waals surface area contributed by atoms with Crippen LogP contribution in [0.4, 0.5) is 0 Å². The number of rotatable bonds is 2. The highest BCUT2D eigenvalue weighted by Gasteiger charge is 2.18. The summed E-state index contributed by atoms with van der Waals surface area (Å²) in [6.45, 7) is 7.52. The van der Waals surface area contributed by atoms with Crippen LogP contribution in [0.5, 0.6) is 0 Å². The second-order valence-corrected chi connectivity index (χ2v) is 4.91. The second-order valence-electron chi connectivity index (χ2n) is 4.21.